The van der Waals surface area contributed by atoms with Gasteiger partial charge in [0.05, 0.1) is 23.3 Å². The van der Waals surface area contributed by atoms with Crippen LogP contribution in [0.5, 0.6) is 0 Å². The zero-order chi connectivity index (χ0) is 18.9. The molecule has 0 aromatic carbocycles. The van der Waals surface area contributed by atoms with Crippen LogP contribution in [0.4, 0.5) is 0 Å². The molecule has 0 aliphatic heterocycles. The summed E-state index contributed by atoms with van der Waals surface area (Å²) in [6.45, 7) is 14.1. The fourth-order valence-electron chi connectivity index (χ4n) is 2.86. The second-order valence-corrected chi connectivity index (χ2v) is 7.57. The van der Waals surface area contributed by atoms with Crippen LogP contribution in [0.1, 0.15) is 76.5 Å². The zero-order valence-corrected chi connectivity index (χ0v) is 16.3. The van der Waals surface area contributed by atoms with Gasteiger partial charge < -0.3 is 10.0 Å². The van der Waals surface area contributed by atoms with Crippen LogP contribution < -0.4 is 0 Å². The van der Waals surface area contributed by atoms with Crippen molar-refractivity contribution < 1.29 is 9.90 Å². The molecule has 138 valence electrons. The molecule has 2 rings (SSSR count). The van der Waals surface area contributed by atoms with Gasteiger partial charge in [-0.1, -0.05) is 13.8 Å². The highest BCUT2D eigenvalue weighted by Gasteiger charge is 2.25. The van der Waals surface area contributed by atoms with E-state index in [0.29, 0.717) is 12.1 Å². The lowest BCUT2D eigenvalue weighted by atomic mass is 10.0. The van der Waals surface area contributed by atoms with E-state index in [-0.39, 0.29) is 23.9 Å². The molecule has 2 aromatic heterocycles. The fourth-order valence-corrected chi connectivity index (χ4v) is 2.86. The number of carbonyl (C=O) groups is 1. The van der Waals surface area contributed by atoms with E-state index in [2.05, 4.69) is 18.9 Å². The van der Waals surface area contributed by atoms with Crippen LogP contribution in [-0.4, -0.2) is 49.4 Å². The number of aliphatic hydroxyl groups excluding tert-OH is 1. The highest BCUT2D eigenvalue weighted by molar-refractivity contribution is 6.05. The van der Waals surface area contributed by atoms with Gasteiger partial charge in [0, 0.05) is 24.3 Å². The summed E-state index contributed by atoms with van der Waals surface area (Å²) in [6.07, 6.45) is 1.15. The number of fused-ring (bicyclic) bond motifs is 1. The molecule has 0 saturated carbocycles. The molecule has 0 aliphatic carbocycles. The molecule has 2 aromatic rings. The van der Waals surface area contributed by atoms with Crippen molar-refractivity contribution in [2.45, 2.75) is 72.6 Å². The molecule has 6 nitrogen and oxygen atoms in total. The Kier molecular flexibility index (Phi) is 5.83. The number of pyridine rings is 1. The van der Waals surface area contributed by atoms with E-state index in [4.69, 9.17) is 4.98 Å². The molecule has 0 saturated heterocycles. The Labute approximate surface area is 149 Å². The van der Waals surface area contributed by atoms with Crippen LogP contribution in [0.2, 0.25) is 0 Å². The number of hydrogen-bond donors (Lipinski definition) is 1. The number of rotatable bonds is 6. The van der Waals surface area contributed by atoms with E-state index in [1.165, 1.54) is 0 Å². The van der Waals surface area contributed by atoms with Crippen molar-refractivity contribution >= 4 is 16.9 Å². The molecule has 0 radical (unpaired) electrons. The van der Waals surface area contributed by atoms with Crippen molar-refractivity contribution in [1.29, 1.82) is 0 Å². The fraction of sp³-hybridized carbons (Fsp3) is 0.632. The monoisotopic (exact) mass is 346 g/mol. The summed E-state index contributed by atoms with van der Waals surface area (Å²) in [7, 11) is 0. The molecule has 6 heteroatoms. The Balaban J connectivity index is 2.64. The van der Waals surface area contributed by atoms with Gasteiger partial charge in [0.2, 0.25) is 0 Å². The lowest BCUT2D eigenvalue weighted by Crippen LogP contribution is -2.41. The quantitative estimate of drug-likeness (QED) is 0.870. The van der Waals surface area contributed by atoms with Crippen molar-refractivity contribution in [1.82, 2.24) is 19.7 Å². The Morgan fingerprint density at radius 2 is 1.84 bits per heavy atom. The van der Waals surface area contributed by atoms with Crippen molar-refractivity contribution in [3.8, 4) is 0 Å². The van der Waals surface area contributed by atoms with Crippen molar-refractivity contribution in [2.75, 3.05) is 6.54 Å². The minimum atomic E-state index is -0.577. The standard InChI is InChI=1S/C19H30N4O2/c1-11(2)17-8-15(19(25)22(12(3)4)10-14(7)24)16-9-20-23(13(5)6)18(16)21-17/h8-9,11-14,24H,10H2,1-7H3. The summed E-state index contributed by atoms with van der Waals surface area (Å²) < 4.78 is 1.85. The largest absolute Gasteiger partial charge is 0.392 e. The van der Waals surface area contributed by atoms with Gasteiger partial charge in [0.15, 0.2) is 5.65 Å². The smallest absolute Gasteiger partial charge is 0.255 e. The van der Waals surface area contributed by atoms with E-state index in [9.17, 15) is 9.90 Å². The summed E-state index contributed by atoms with van der Waals surface area (Å²) in [5.41, 5.74) is 2.22. The number of carbonyl (C=O) groups excluding carboxylic acids is 1. The van der Waals surface area contributed by atoms with Crippen LogP contribution in [0.25, 0.3) is 11.0 Å². The third-order valence-corrected chi connectivity index (χ3v) is 4.24. The predicted octanol–water partition coefficient (Wildman–Crippen LogP) is 3.37. The molecule has 1 atom stereocenters. The predicted molar refractivity (Wildman–Crippen MR) is 99.9 cm³/mol. The maximum Gasteiger partial charge on any atom is 0.255 e. The minimum absolute atomic E-state index is 0.00652. The molecular weight excluding hydrogens is 316 g/mol. The molecule has 1 amide bonds. The first kappa shape index (κ1) is 19.4. The Bertz CT molecular complexity index is 747. The summed E-state index contributed by atoms with van der Waals surface area (Å²) in [5, 5.41) is 15.0. The van der Waals surface area contributed by atoms with Crippen molar-refractivity contribution in [3.05, 3.63) is 23.5 Å². The van der Waals surface area contributed by atoms with E-state index in [1.54, 1.807) is 18.0 Å². The van der Waals surface area contributed by atoms with Crippen LogP contribution in [0.3, 0.4) is 0 Å². The molecule has 0 spiro atoms. The highest BCUT2D eigenvalue weighted by atomic mass is 16.3. The molecule has 0 bridgehead atoms. The van der Waals surface area contributed by atoms with E-state index in [0.717, 1.165) is 16.7 Å². The van der Waals surface area contributed by atoms with E-state index >= 15 is 0 Å². The van der Waals surface area contributed by atoms with E-state index in [1.807, 2.05) is 38.4 Å². The summed E-state index contributed by atoms with van der Waals surface area (Å²) in [4.78, 5) is 19.7. The highest BCUT2D eigenvalue weighted by Crippen LogP contribution is 2.26. The van der Waals surface area contributed by atoms with Crippen molar-refractivity contribution in [2.24, 2.45) is 0 Å². The summed E-state index contributed by atoms with van der Waals surface area (Å²) >= 11 is 0. The van der Waals surface area contributed by atoms with Crippen molar-refractivity contribution in [3.63, 3.8) is 0 Å². The normalized spacial score (nSPS) is 13.2. The van der Waals surface area contributed by atoms with Gasteiger partial charge >= 0.3 is 0 Å². The third kappa shape index (κ3) is 4.00. The second kappa shape index (κ2) is 7.52. The first-order valence-corrected chi connectivity index (χ1v) is 9.00. The summed E-state index contributed by atoms with van der Waals surface area (Å²) in [5.74, 6) is 0.115. The molecular formula is C19H30N4O2. The lowest BCUT2D eigenvalue weighted by molar-refractivity contribution is 0.0580. The van der Waals surface area contributed by atoms with Gasteiger partial charge in [-0.3, -0.25) is 4.79 Å². The number of nitrogens with zero attached hydrogens (tertiary/aromatic N) is 4. The lowest BCUT2D eigenvalue weighted by Gasteiger charge is -2.28. The topological polar surface area (TPSA) is 71.2 Å². The van der Waals surface area contributed by atoms with Crippen LogP contribution in [-0.2, 0) is 0 Å². The van der Waals surface area contributed by atoms with Gasteiger partial charge in [0.1, 0.15) is 0 Å². The van der Waals surface area contributed by atoms with Gasteiger partial charge in [-0.2, -0.15) is 5.10 Å². The second-order valence-electron chi connectivity index (χ2n) is 7.57. The first-order valence-electron chi connectivity index (χ1n) is 9.00. The van der Waals surface area contributed by atoms with Crippen LogP contribution in [0, 0.1) is 0 Å². The van der Waals surface area contributed by atoms with Gasteiger partial charge in [-0.05, 0) is 46.6 Å². The third-order valence-electron chi connectivity index (χ3n) is 4.24. The number of hydrogen-bond acceptors (Lipinski definition) is 4. The Morgan fingerprint density at radius 1 is 1.20 bits per heavy atom. The molecule has 1 N–H and O–H groups in total. The minimum Gasteiger partial charge on any atom is -0.392 e. The molecule has 0 aliphatic rings. The van der Waals surface area contributed by atoms with Gasteiger partial charge in [-0.25, -0.2) is 9.67 Å². The zero-order valence-electron chi connectivity index (χ0n) is 16.3. The maximum absolute atomic E-state index is 13.2. The summed E-state index contributed by atoms with van der Waals surface area (Å²) in [6, 6.07) is 2.03. The van der Waals surface area contributed by atoms with Gasteiger partial charge in [0.25, 0.3) is 5.91 Å². The van der Waals surface area contributed by atoms with Gasteiger partial charge in [-0.15, -0.1) is 0 Å². The number of aliphatic hydroxyl groups is 1. The van der Waals surface area contributed by atoms with Crippen LogP contribution >= 0.6 is 0 Å². The van der Waals surface area contributed by atoms with E-state index < -0.39 is 6.10 Å². The SMILES string of the molecule is CC(O)CN(C(=O)c1cc(C(C)C)nc2c1cnn2C(C)C)C(C)C. The molecule has 0 fully saturated rings. The average molecular weight is 346 g/mol. The maximum atomic E-state index is 13.2. The molecule has 25 heavy (non-hydrogen) atoms. The van der Waals surface area contributed by atoms with Crippen LogP contribution in [0.15, 0.2) is 12.3 Å². The first-order chi connectivity index (χ1) is 11.6. The average Bonchev–Trinajstić information content (AvgIpc) is 2.94. The molecule has 1 unspecified atom stereocenters. The Hall–Kier alpha value is -1.95. The molecule has 2 heterocycles. The Morgan fingerprint density at radius 3 is 2.32 bits per heavy atom. The number of aromatic nitrogens is 3. The number of amides is 1.